The van der Waals surface area contributed by atoms with Crippen LogP contribution in [0.4, 0.5) is 0 Å². The van der Waals surface area contributed by atoms with Crippen molar-refractivity contribution < 1.29 is 24.5 Å². The molecule has 0 fully saturated rings. The summed E-state index contributed by atoms with van der Waals surface area (Å²) in [7, 11) is 1.93. The molecule has 154 valence electrons. The number of rotatable bonds is 2. The second-order valence-corrected chi connectivity index (χ2v) is 7.66. The number of alkyl halides is 1. The predicted octanol–water partition coefficient (Wildman–Crippen LogP) is 4.27. The average molecular weight is 470 g/mol. The van der Waals surface area contributed by atoms with Crippen LogP contribution in [-0.2, 0) is 10.3 Å². The third-order valence-corrected chi connectivity index (χ3v) is 5.42. The first kappa shape index (κ1) is 20.3. The molecule has 0 saturated heterocycles. The number of fused-ring (bicyclic) bond motifs is 6. The number of phenolic OH excluding ortho intramolecular Hbond substituents is 2. The molecule has 2 heterocycles. The van der Waals surface area contributed by atoms with Crippen molar-refractivity contribution in [3.63, 3.8) is 0 Å². The highest BCUT2D eigenvalue weighted by Gasteiger charge is 2.53. The van der Waals surface area contributed by atoms with Gasteiger partial charge in [0, 0.05) is 40.7 Å². The molecule has 5 rings (SSSR count). The lowest BCUT2D eigenvalue weighted by Gasteiger charge is -2.36. The van der Waals surface area contributed by atoms with Crippen LogP contribution in [0.25, 0.3) is 0 Å². The van der Waals surface area contributed by atoms with Crippen molar-refractivity contribution in [3.8, 4) is 23.0 Å². The maximum atomic E-state index is 12.5. The van der Waals surface area contributed by atoms with Gasteiger partial charge in [-0.3, -0.25) is 0 Å². The molecule has 2 aliphatic heterocycles. The number of hydrogen-bond acceptors (Lipinski definition) is 6. The molecule has 3 N–H and O–H groups in total. The van der Waals surface area contributed by atoms with Gasteiger partial charge in [-0.15, -0.1) is 0 Å². The van der Waals surface area contributed by atoms with E-state index in [9.17, 15) is 15.0 Å². The molecule has 0 amide bonds. The van der Waals surface area contributed by atoms with E-state index >= 15 is 0 Å². The van der Waals surface area contributed by atoms with Crippen LogP contribution in [0.1, 0.15) is 27.0 Å². The molecule has 1 spiro atoms. The van der Waals surface area contributed by atoms with Gasteiger partial charge in [0.2, 0.25) is 0 Å². The van der Waals surface area contributed by atoms with Gasteiger partial charge in [-0.2, -0.15) is 0 Å². The summed E-state index contributed by atoms with van der Waals surface area (Å²) < 4.78 is 11.8. The summed E-state index contributed by atoms with van der Waals surface area (Å²) in [6.45, 7) is 1.06. The fourth-order valence-electron chi connectivity index (χ4n) is 3.75. The van der Waals surface area contributed by atoms with Gasteiger partial charge < -0.3 is 25.0 Å². The second-order valence-electron chi connectivity index (χ2n) is 6.87. The van der Waals surface area contributed by atoms with Crippen molar-refractivity contribution in [2.75, 3.05) is 18.9 Å². The zero-order valence-electron chi connectivity index (χ0n) is 16.2. The summed E-state index contributed by atoms with van der Waals surface area (Å²) in [5, 5.41) is 23.7. The van der Waals surface area contributed by atoms with Gasteiger partial charge in [0.05, 0.1) is 5.56 Å². The fraction of sp³-hybridized carbons (Fsp3) is 0.174. The number of esters is 1. The minimum absolute atomic E-state index is 0.0371. The Labute approximate surface area is 182 Å². The Morgan fingerprint density at radius 3 is 2.07 bits per heavy atom. The molecule has 0 aliphatic carbocycles. The molecule has 6 nitrogen and oxygen atoms in total. The molecule has 0 radical (unpaired) electrons. The number of benzene rings is 3. The van der Waals surface area contributed by atoms with Gasteiger partial charge in [-0.25, -0.2) is 4.79 Å². The highest BCUT2D eigenvalue weighted by Crippen LogP contribution is 2.56. The van der Waals surface area contributed by atoms with E-state index in [1.165, 1.54) is 24.3 Å². The monoisotopic (exact) mass is 469 g/mol. The van der Waals surface area contributed by atoms with E-state index < -0.39 is 11.6 Å². The Balaban J connectivity index is 0.000000393. The van der Waals surface area contributed by atoms with Crippen molar-refractivity contribution in [1.82, 2.24) is 5.32 Å². The lowest BCUT2D eigenvalue weighted by Crippen LogP contribution is -2.32. The van der Waals surface area contributed by atoms with E-state index in [4.69, 9.17) is 9.47 Å². The molecule has 0 aromatic heterocycles. The van der Waals surface area contributed by atoms with Crippen molar-refractivity contribution >= 4 is 21.9 Å². The van der Waals surface area contributed by atoms with Crippen LogP contribution < -0.4 is 10.1 Å². The molecular weight excluding hydrogens is 450 g/mol. The summed E-state index contributed by atoms with van der Waals surface area (Å²) in [6.07, 6.45) is 0. The second kappa shape index (κ2) is 8.01. The normalized spacial score (nSPS) is 14.5. The Kier molecular flexibility index (Phi) is 5.40. The first-order valence-electron chi connectivity index (χ1n) is 9.39. The van der Waals surface area contributed by atoms with Gasteiger partial charge in [-0.1, -0.05) is 34.1 Å². The maximum Gasteiger partial charge on any atom is 0.340 e. The van der Waals surface area contributed by atoms with Crippen LogP contribution in [0, 0.1) is 0 Å². The summed E-state index contributed by atoms with van der Waals surface area (Å²) >= 11 is 3.25. The van der Waals surface area contributed by atoms with Crippen molar-refractivity contribution in [1.29, 1.82) is 0 Å². The van der Waals surface area contributed by atoms with Crippen molar-refractivity contribution in [2.24, 2.45) is 0 Å². The van der Waals surface area contributed by atoms with E-state index in [1.54, 1.807) is 24.3 Å². The molecule has 3 aromatic carbocycles. The molecule has 0 unspecified atom stereocenters. The minimum Gasteiger partial charge on any atom is -0.508 e. The summed E-state index contributed by atoms with van der Waals surface area (Å²) in [6, 6.07) is 16.6. The maximum absolute atomic E-state index is 12.5. The smallest absolute Gasteiger partial charge is 0.340 e. The van der Waals surface area contributed by atoms with Gasteiger partial charge in [0.25, 0.3) is 0 Å². The van der Waals surface area contributed by atoms with Crippen LogP contribution in [0.2, 0.25) is 0 Å². The number of nitrogens with one attached hydrogen (secondary N) is 1. The van der Waals surface area contributed by atoms with Gasteiger partial charge in [-0.05, 0) is 37.4 Å². The van der Waals surface area contributed by atoms with Crippen LogP contribution in [0.3, 0.4) is 0 Å². The SMILES string of the molecule is CNCCBr.O=C1OC2(c3ccc(O)cc3Oc3cc(O)ccc32)c2ccccc21. The third-order valence-electron chi connectivity index (χ3n) is 5.03. The minimum atomic E-state index is -1.17. The quantitative estimate of drug-likeness (QED) is 0.383. The summed E-state index contributed by atoms with van der Waals surface area (Å²) in [4.78, 5) is 12.5. The van der Waals surface area contributed by atoms with E-state index in [0.717, 1.165) is 11.9 Å². The van der Waals surface area contributed by atoms with Crippen molar-refractivity contribution in [3.05, 3.63) is 82.9 Å². The highest BCUT2D eigenvalue weighted by atomic mass is 79.9. The molecule has 0 bridgehead atoms. The molecule has 30 heavy (non-hydrogen) atoms. The Bertz CT molecular complexity index is 1060. The number of aromatic hydroxyl groups is 2. The topological polar surface area (TPSA) is 88.0 Å². The lowest BCUT2D eigenvalue weighted by atomic mass is 9.77. The number of halogens is 1. The van der Waals surface area contributed by atoms with Crippen LogP contribution in [0.5, 0.6) is 23.0 Å². The lowest BCUT2D eigenvalue weighted by molar-refractivity contribution is 0.0224. The molecule has 3 aromatic rings. The Hall–Kier alpha value is -3.03. The fourth-order valence-corrected chi connectivity index (χ4v) is 4.14. The number of carbonyl (C=O) groups excluding carboxylic acids is 1. The van der Waals surface area contributed by atoms with Crippen LogP contribution in [-0.4, -0.2) is 35.1 Å². The van der Waals surface area contributed by atoms with E-state index in [1.807, 2.05) is 19.2 Å². The number of hydrogen-bond donors (Lipinski definition) is 3. The average Bonchev–Trinajstić information content (AvgIpc) is 3.02. The molecule has 0 saturated carbocycles. The van der Waals surface area contributed by atoms with Crippen LogP contribution >= 0.6 is 15.9 Å². The predicted molar refractivity (Wildman–Crippen MR) is 116 cm³/mol. The number of ether oxygens (including phenoxy) is 2. The van der Waals surface area contributed by atoms with E-state index in [-0.39, 0.29) is 11.5 Å². The van der Waals surface area contributed by atoms with Crippen LogP contribution in [0.15, 0.2) is 60.7 Å². The van der Waals surface area contributed by atoms with Crippen molar-refractivity contribution in [2.45, 2.75) is 5.60 Å². The largest absolute Gasteiger partial charge is 0.508 e. The zero-order chi connectivity index (χ0) is 21.3. The molecule has 7 heteroatoms. The van der Waals surface area contributed by atoms with E-state index in [0.29, 0.717) is 33.8 Å². The molecule has 2 aliphatic rings. The molecule has 0 atom stereocenters. The first-order valence-corrected chi connectivity index (χ1v) is 10.5. The van der Waals surface area contributed by atoms with Gasteiger partial charge >= 0.3 is 5.97 Å². The zero-order valence-corrected chi connectivity index (χ0v) is 17.8. The van der Waals surface area contributed by atoms with Gasteiger partial charge in [0.1, 0.15) is 23.0 Å². The molecular formula is C23H20BrNO5. The first-order chi connectivity index (χ1) is 14.5. The summed E-state index contributed by atoms with van der Waals surface area (Å²) in [5.41, 5.74) is 1.28. The third kappa shape index (κ3) is 3.20. The van der Waals surface area contributed by atoms with Gasteiger partial charge in [0.15, 0.2) is 5.60 Å². The van der Waals surface area contributed by atoms with E-state index in [2.05, 4.69) is 21.2 Å². The number of carbonyl (C=O) groups is 1. The highest BCUT2D eigenvalue weighted by molar-refractivity contribution is 9.09. The summed E-state index contributed by atoms with van der Waals surface area (Å²) in [5.74, 6) is 0.408. The Morgan fingerprint density at radius 1 is 0.933 bits per heavy atom. The number of phenols is 2. The standard InChI is InChI=1S/C20H12O5.C3H8BrN/c21-11-5-7-15-17(9-11)24-18-10-12(22)6-8-16(18)20(15)14-4-2-1-3-13(14)19(23)25-20;1-5-3-2-4/h1-10,21-22H;5H,2-3H2,1H3. The Morgan fingerprint density at radius 2 is 1.53 bits per heavy atom.